The molecule has 16 nitrogen and oxygen atoms in total. The van der Waals surface area contributed by atoms with E-state index < -0.39 is 23.1 Å². The minimum Gasteiger partial charge on any atom is -0.477 e. The molecule has 0 saturated carbocycles. The molecule has 4 aromatic carbocycles. The molecule has 396 valence electrons. The van der Waals surface area contributed by atoms with Crippen LogP contribution in [0.4, 0.5) is 9.59 Å². The van der Waals surface area contributed by atoms with E-state index >= 15 is 0 Å². The van der Waals surface area contributed by atoms with Crippen molar-refractivity contribution in [1.29, 1.82) is 0 Å². The zero-order chi connectivity index (χ0) is 52.3. The van der Waals surface area contributed by atoms with Crippen LogP contribution in [0.2, 0.25) is 0 Å². The van der Waals surface area contributed by atoms with Crippen molar-refractivity contribution in [1.82, 2.24) is 28.9 Å². The molecule has 16 heteroatoms. The monoisotopic (exact) mass is 1020 g/mol. The number of hydrogen-bond donors (Lipinski definition) is 2. The fourth-order valence-corrected chi connectivity index (χ4v) is 10.7. The molecule has 0 spiro atoms. The highest BCUT2D eigenvalue weighted by atomic mass is 16.6. The van der Waals surface area contributed by atoms with Crippen molar-refractivity contribution in [2.45, 2.75) is 124 Å². The number of benzene rings is 4. The quantitative estimate of drug-likeness (QED) is 0.133. The van der Waals surface area contributed by atoms with Gasteiger partial charge in [0.1, 0.15) is 62.9 Å². The van der Waals surface area contributed by atoms with Gasteiger partial charge in [0.25, 0.3) is 5.91 Å². The zero-order valence-corrected chi connectivity index (χ0v) is 43.2. The second-order valence-corrected chi connectivity index (χ2v) is 21.6. The van der Waals surface area contributed by atoms with E-state index in [1.807, 2.05) is 160 Å². The number of carboxylic acid groups (broad SMARTS) is 1. The van der Waals surface area contributed by atoms with Crippen molar-refractivity contribution in [2.75, 3.05) is 26.2 Å². The number of para-hydroxylation sites is 2. The van der Waals surface area contributed by atoms with Gasteiger partial charge in [0.05, 0.1) is 0 Å². The van der Waals surface area contributed by atoms with Crippen LogP contribution in [-0.4, -0.2) is 95.5 Å². The van der Waals surface area contributed by atoms with Crippen molar-refractivity contribution in [2.24, 2.45) is 17.6 Å². The minimum absolute atomic E-state index is 0. The summed E-state index contributed by atoms with van der Waals surface area (Å²) < 4.78 is 26.7. The number of fused-ring (bicyclic) bond motifs is 2. The molecular weight excluding hydrogens is 951 g/mol. The number of likely N-dealkylation sites (tertiary alicyclic amines) is 2. The van der Waals surface area contributed by atoms with E-state index in [2.05, 4.69) is 0 Å². The Morgan fingerprint density at radius 1 is 0.507 bits per heavy atom. The average Bonchev–Trinajstić information content (AvgIpc) is 4.16. The Bertz CT molecular complexity index is 2740. The lowest BCUT2D eigenvalue weighted by atomic mass is 9.83. The Morgan fingerprint density at radius 3 is 1.20 bits per heavy atom. The molecule has 0 bridgehead atoms. The number of aromatic nitrogens is 4. The third-order valence-corrected chi connectivity index (χ3v) is 14.2. The topological polar surface area (TPSA) is 194 Å². The Hall–Kier alpha value is -7.62. The highest BCUT2D eigenvalue weighted by molar-refractivity contribution is 5.98. The van der Waals surface area contributed by atoms with Gasteiger partial charge in [-0.15, -0.1) is 0 Å². The molecule has 6 heterocycles. The van der Waals surface area contributed by atoms with Crippen LogP contribution in [-0.2, 0) is 22.6 Å². The van der Waals surface area contributed by atoms with Crippen molar-refractivity contribution < 1.29 is 43.2 Å². The summed E-state index contributed by atoms with van der Waals surface area (Å²) >= 11 is 0. The first-order valence-corrected chi connectivity index (χ1v) is 25.8. The lowest BCUT2D eigenvalue weighted by Crippen LogP contribution is -2.42. The number of rotatable bonds is 10. The summed E-state index contributed by atoms with van der Waals surface area (Å²) in [4.78, 5) is 63.2. The van der Waals surface area contributed by atoms with Gasteiger partial charge in [0, 0.05) is 62.2 Å². The summed E-state index contributed by atoms with van der Waals surface area (Å²) in [7, 11) is 0. The number of nitrogens with two attached hydrogens (primary N) is 1. The number of imidazole rings is 2. The summed E-state index contributed by atoms with van der Waals surface area (Å²) in [5.74, 6) is 4.33. The molecule has 75 heavy (non-hydrogen) atoms. The number of carbonyl (C=O) groups excluding carboxylic acids is 3. The molecule has 4 aliphatic rings. The first kappa shape index (κ1) is 53.7. The maximum Gasteiger partial charge on any atom is 0.410 e. The number of amides is 3. The summed E-state index contributed by atoms with van der Waals surface area (Å²) in [5.41, 5.74) is 8.21. The van der Waals surface area contributed by atoms with E-state index in [9.17, 15) is 24.3 Å². The largest absolute Gasteiger partial charge is 0.477 e. The zero-order valence-electron chi connectivity index (χ0n) is 43.2. The smallest absolute Gasteiger partial charge is 0.410 e. The predicted molar refractivity (Wildman–Crippen MR) is 286 cm³/mol. The van der Waals surface area contributed by atoms with Gasteiger partial charge in [0.15, 0.2) is 5.69 Å². The van der Waals surface area contributed by atoms with E-state index in [4.69, 9.17) is 34.6 Å². The molecular formula is C59H71N7O9. The Labute approximate surface area is 439 Å². The molecule has 3 N–H and O–H groups in total. The molecule has 2 fully saturated rings. The van der Waals surface area contributed by atoms with Crippen molar-refractivity contribution in [3.05, 3.63) is 132 Å². The maximum atomic E-state index is 12.5. The van der Waals surface area contributed by atoms with Crippen LogP contribution in [0.5, 0.6) is 23.0 Å². The van der Waals surface area contributed by atoms with Crippen LogP contribution in [0, 0.1) is 11.8 Å². The molecule has 4 aliphatic heterocycles. The Morgan fingerprint density at radius 2 is 0.853 bits per heavy atom. The second kappa shape index (κ2) is 22.5. The van der Waals surface area contributed by atoms with E-state index in [1.165, 1.54) is 0 Å². The number of hydrogen-bond acceptors (Lipinski definition) is 10. The van der Waals surface area contributed by atoms with Crippen molar-refractivity contribution in [3.8, 4) is 45.5 Å². The molecule has 6 aromatic rings. The predicted octanol–water partition coefficient (Wildman–Crippen LogP) is 12.4. The molecule has 2 saturated heterocycles. The van der Waals surface area contributed by atoms with E-state index in [0.29, 0.717) is 79.7 Å². The number of carbonyl (C=O) groups is 4. The maximum absolute atomic E-state index is 12.5. The number of aromatic carboxylic acids is 1. The number of nitrogens with zero attached hydrogens (tertiary/aromatic N) is 6. The van der Waals surface area contributed by atoms with E-state index in [-0.39, 0.29) is 37.1 Å². The highest BCUT2D eigenvalue weighted by Crippen LogP contribution is 2.44. The number of ether oxygens (including phenoxy) is 4. The Balaban J connectivity index is 0.000000197. The molecule has 2 unspecified atom stereocenters. The molecule has 3 amide bonds. The van der Waals surface area contributed by atoms with Crippen LogP contribution in [0.1, 0.15) is 132 Å². The summed E-state index contributed by atoms with van der Waals surface area (Å²) in [6.07, 6.45) is 4.71. The third kappa shape index (κ3) is 12.5. The SMILES string of the molecule is C.CC(C)(C)OC(=O)N1CCC(C2CCn3c2nc(-c2ccc(Oc4ccccc4)cc2)c3C(=O)O)CC1.CC(C)(C)OC(=O)N1CCC(C2CCn3c2nc(-c2ccc(Oc4ccccc4)cc2)c3C(N)=O)CC1. The summed E-state index contributed by atoms with van der Waals surface area (Å²) in [5, 5.41) is 10.1. The van der Waals surface area contributed by atoms with Crippen LogP contribution in [0.3, 0.4) is 0 Å². The van der Waals surface area contributed by atoms with Crippen LogP contribution in [0.25, 0.3) is 22.5 Å². The number of primary amides is 1. The first-order valence-electron chi connectivity index (χ1n) is 25.8. The van der Waals surface area contributed by atoms with E-state index in [1.54, 1.807) is 9.80 Å². The standard InChI is InChI=1S/C29H34N4O4.C29H33N3O5.CH4/c1-29(2,3)37-28(35)32-16-13-19(14-17-32)23-15-18-33-25(26(30)34)24(31-27(23)33)20-9-11-22(12-10-20)36-21-7-5-4-6-8-21;1-29(2,3)37-28(35)31-16-13-19(14-17-31)23-15-18-32-25(27(33)34)24(30-26(23)32)20-9-11-22(12-10-20)36-21-7-5-4-6-8-21;/h4-12,19,23H,13-18H2,1-3H3,(H2,30,34);4-12,19,23H,13-18H2,1-3H3,(H,33,34);1H4. The van der Waals surface area contributed by atoms with Gasteiger partial charge in [0.2, 0.25) is 0 Å². The molecule has 2 atom stereocenters. The number of piperidine rings is 2. The van der Waals surface area contributed by atoms with Gasteiger partial charge in [-0.3, -0.25) is 4.79 Å². The van der Waals surface area contributed by atoms with Crippen LogP contribution < -0.4 is 15.2 Å². The first-order chi connectivity index (χ1) is 35.4. The van der Waals surface area contributed by atoms with Gasteiger partial charge in [-0.25, -0.2) is 24.4 Å². The fraction of sp³-hybridized carbons (Fsp3) is 0.424. The molecule has 0 aliphatic carbocycles. The second-order valence-electron chi connectivity index (χ2n) is 21.6. The molecule has 2 aromatic heterocycles. The van der Waals surface area contributed by atoms with Crippen molar-refractivity contribution >= 4 is 24.1 Å². The van der Waals surface area contributed by atoms with Gasteiger partial charge < -0.3 is 48.7 Å². The fourth-order valence-electron chi connectivity index (χ4n) is 10.7. The van der Waals surface area contributed by atoms with Gasteiger partial charge >= 0.3 is 18.2 Å². The number of carboxylic acids is 1. The Kier molecular flexibility index (Phi) is 16.1. The van der Waals surface area contributed by atoms with Crippen molar-refractivity contribution in [3.63, 3.8) is 0 Å². The van der Waals surface area contributed by atoms with Gasteiger partial charge in [-0.2, -0.15) is 0 Å². The van der Waals surface area contributed by atoms with Gasteiger partial charge in [-0.05, 0) is 165 Å². The lowest BCUT2D eigenvalue weighted by molar-refractivity contribution is 0.0163. The summed E-state index contributed by atoms with van der Waals surface area (Å²) in [6.45, 7) is 15.2. The summed E-state index contributed by atoms with van der Waals surface area (Å²) in [6, 6.07) is 34.1. The van der Waals surface area contributed by atoms with Crippen LogP contribution in [0.15, 0.2) is 109 Å². The lowest BCUT2D eigenvalue weighted by Gasteiger charge is -2.35. The van der Waals surface area contributed by atoms with Gasteiger partial charge in [-0.1, -0.05) is 43.8 Å². The highest BCUT2D eigenvalue weighted by Gasteiger charge is 2.40. The molecule has 10 rings (SSSR count). The molecule has 0 radical (unpaired) electrons. The normalized spacial score (nSPS) is 17.7. The van der Waals surface area contributed by atoms with E-state index in [0.717, 1.165) is 72.8 Å². The minimum atomic E-state index is -0.973. The average molecular weight is 1020 g/mol. The third-order valence-electron chi connectivity index (χ3n) is 14.2. The van der Waals surface area contributed by atoms with Crippen LogP contribution >= 0.6 is 0 Å².